The van der Waals surface area contributed by atoms with Crippen LogP contribution in [-0.2, 0) is 5.41 Å². The molecule has 0 bridgehead atoms. The van der Waals surface area contributed by atoms with Crippen LogP contribution >= 0.6 is 0 Å². The molecule has 1 aliphatic rings. The van der Waals surface area contributed by atoms with Crippen molar-refractivity contribution in [2.75, 3.05) is 0 Å². The summed E-state index contributed by atoms with van der Waals surface area (Å²) in [6.07, 6.45) is 0. The third-order valence-electron chi connectivity index (χ3n) is 9.16. The molecule has 0 aliphatic heterocycles. The molecule has 0 saturated carbocycles. The van der Waals surface area contributed by atoms with Gasteiger partial charge in [0.05, 0.1) is 0 Å². The molecule has 1 aliphatic carbocycles. The van der Waals surface area contributed by atoms with Crippen LogP contribution in [0, 0.1) is 0 Å². The average molecular weight is 656 g/mol. The van der Waals surface area contributed by atoms with Crippen molar-refractivity contribution in [2.24, 2.45) is 0 Å². The van der Waals surface area contributed by atoms with Crippen molar-refractivity contribution in [1.29, 1.82) is 0 Å². The van der Waals surface area contributed by atoms with Crippen molar-refractivity contribution in [2.45, 2.75) is 19.3 Å². The Morgan fingerprint density at radius 1 is 0.478 bits per heavy atom. The summed E-state index contributed by atoms with van der Waals surface area (Å²) < 4.78 is 2.51. The van der Waals surface area contributed by atoms with E-state index in [0.29, 0.717) is 17.5 Å². The normalized spacial score (nSPS) is 13.2. The van der Waals surface area contributed by atoms with Crippen molar-refractivity contribution in [3.8, 4) is 55.4 Å². The molecule has 0 saturated heterocycles. The minimum atomic E-state index is -0.107. The van der Waals surface area contributed by atoms with Gasteiger partial charge in [0.15, 0.2) is 0 Å². The van der Waals surface area contributed by atoms with Crippen LogP contribution in [0.25, 0.3) is 76.0 Å². The zero-order valence-electron chi connectivity index (χ0n) is 25.4. The first-order valence-corrected chi connectivity index (χ1v) is 17.2. The molecular weight excluding hydrogens is 627 g/mol. The predicted octanol–water partition coefficient (Wildman–Crippen LogP) is 9.60. The number of benzene rings is 6. The van der Waals surface area contributed by atoms with Crippen molar-refractivity contribution in [3.05, 3.63) is 145 Å². The van der Waals surface area contributed by atoms with Crippen LogP contribution in [0.5, 0.6) is 0 Å². The van der Waals surface area contributed by atoms with Gasteiger partial charge in [0, 0.05) is 0 Å². The Kier molecular flexibility index (Phi) is 6.14. The Morgan fingerprint density at radius 3 is 1.85 bits per heavy atom. The first-order chi connectivity index (χ1) is 22.5. The van der Waals surface area contributed by atoms with Crippen molar-refractivity contribution < 1.29 is 0 Å². The van der Waals surface area contributed by atoms with Gasteiger partial charge >= 0.3 is 225 Å². The summed E-state index contributed by atoms with van der Waals surface area (Å²) >= 11 is 0.138. The van der Waals surface area contributed by atoms with E-state index in [9.17, 15) is 0 Å². The van der Waals surface area contributed by atoms with E-state index >= 15 is 0 Å². The monoisotopic (exact) mass is 656 g/mol. The van der Waals surface area contributed by atoms with Crippen LogP contribution in [-0.4, -0.2) is 34.4 Å². The fourth-order valence-corrected chi connectivity index (χ4v) is 9.07. The quantitative estimate of drug-likeness (QED) is 0.177. The van der Waals surface area contributed by atoms with E-state index in [-0.39, 0.29) is 19.9 Å². The van der Waals surface area contributed by atoms with Crippen LogP contribution in [0.2, 0.25) is 0 Å². The number of hydrogen-bond acceptors (Lipinski definition) is 4. The topological polar surface area (TPSA) is 51.6 Å². The first kappa shape index (κ1) is 27.1. The summed E-state index contributed by atoms with van der Waals surface area (Å²) in [5.41, 5.74) is 10.3. The first-order valence-electron chi connectivity index (χ1n) is 15.5. The standard InChI is InChI=1S/C41H28N4Se/c1-41(2)33-16-10-9-15-31(33)32-21-18-29(24-34(32)41)39-44-37(25-11-5-3-6-12-25)43-38(45-39)28-17-20-30-27(23-28)19-22-35-36(30)46-40(42-35)26-13-7-4-8-14-26/h3-24H,1-2H3. The summed E-state index contributed by atoms with van der Waals surface area (Å²) in [6, 6.07) is 47.0. The van der Waals surface area contributed by atoms with Crippen LogP contribution in [0.1, 0.15) is 25.0 Å². The summed E-state index contributed by atoms with van der Waals surface area (Å²) in [7, 11) is 0. The third-order valence-corrected chi connectivity index (χ3v) is 11.6. The summed E-state index contributed by atoms with van der Waals surface area (Å²) in [5, 5.41) is 2.41. The van der Waals surface area contributed by atoms with Gasteiger partial charge in [-0.1, -0.05) is 38.1 Å². The fraction of sp³-hybridized carbons (Fsp3) is 0.0732. The molecule has 0 atom stereocenters. The Bertz CT molecular complexity index is 2450. The van der Waals surface area contributed by atoms with Crippen LogP contribution in [0.15, 0.2) is 133 Å². The molecule has 6 aromatic carbocycles. The summed E-state index contributed by atoms with van der Waals surface area (Å²) in [5.74, 6) is 2.01. The molecule has 0 amide bonds. The van der Waals surface area contributed by atoms with Gasteiger partial charge < -0.3 is 0 Å². The molecule has 218 valence electrons. The van der Waals surface area contributed by atoms with Gasteiger partial charge in [0.2, 0.25) is 0 Å². The van der Waals surface area contributed by atoms with E-state index in [1.807, 2.05) is 18.2 Å². The number of fused-ring (bicyclic) bond motifs is 6. The molecule has 0 spiro atoms. The average Bonchev–Trinajstić information content (AvgIpc) is 3.66. The molecule has 4 nitrogen and oxygen atoms in total. The Hall–Kier alpha value is -5.22. The Balaban J connectivity index is 1.18. The SMILES string of the molecule is CC1(C)c2ccccc2-c2ccc(-c3nc(-c4ccccc4)nc(-c4ccc5c(ccc6nc(-c7ccccc7)[se]c65)c4)n3)cc21. The zero-order valence-corrected chi connectivity index (χ0v) is 27.1. The molecule has 9 rings (SSSR count). The van der Waals surface area contributed by atoms with E-state index in [4.69, 9.17) is 19.9 Å². The van der Waals surface area contributed by atoms with E-state index in [1.54, 1.807) is 0 Å². The second-order valence-corrected chi connectivity index (χ2v) is 14.4. The van der Waals surface area contributed by atoms with Gasteiger partial charge in [0.1, 0.15) is 0 Å². The molecule has 0 unspecified atom stereocenters. The molecule has 8 aromatic rings. The maximum atomic E-state index is 5.11. The van der Waals surface area contributed by atoms with Crippen LogP contribution < -0.4 is 0 Å². The van der Waals surface area contributed by atoms with Gasteiger partial charge in [0.25, 0.3) is 0 Å². The van der Waals surface area contributed by atoms with Gasteiger partial charge in [-0.05, 0) is 11.1 Å². The van der Waals surface area contributed by atoms with Gasteiger partial charge in [-0.2, -0.15) is 0 Å². The van der Waals surface area contributed by atoms with Gasteiger partial charge in [-0.3, -0.25) is 0 Å². The van der Waals surface area contributed by atoms with E-state index < -0.39 is 0 Å². The molecular formula is C41H28N4Se. The molecule has 2 aromatic heterocycles. The van der Waals surface area contributed by atoms with Crippen LogP contribution in [0.3, 0.4) is 0 Å². The van der Waals surface area contributed by atoms with Crippen molar-refractivity contribution >= 4 is 35.1 Å². The second-order valence-electron chi connectivity index (χ2n) is 12.3. The van der Waals surface area contributed by atoms with Crippen LogP contribution in [0.4, 0.5) is 0 Å². The third kappa shape index (κ3) is 4.35. The van der Waals surface area contributed by atoms with E-state index in [0.717, 1.165) is 22.2 Å². The summed E-state index contributed by atoms with van der Waals surface area (Å²) in [4.78, 5) is 20.2. The van der Waals surface area contributed by atoms with E-state index in [1.165, 1.54) is 47.4 Å². The molecule has 0 N–H and O–H groups in total. The molecule has 5 heteroatoms. The van der Waals surface area contributed by atoms with Crippen molar-refractivity contribution in [3.63, 3.8) is 0 Å². The Morgan fingerprint density at radius 2 is 1.09 bits per heavy atom. The van der Waals surface area contributed by atoms with Gasteiger partial charge in [-0.15, -0.1) is 0 Å². The van der Waals surface area contributed by atoms with Crippen molar-refractivity contribution in [1.82, 2.24) is 19.9 Å². The molecule has 0 fully saturated rings. The molecule has 2 heterocycles. The number of aromatic nitrogens is 4. The predicted molar refractivity (Wildman–Crippen MR) is 189 cm³/mol. The number of hydrogen-bond donors (Lipinski definition) is 0. The fourth-order valence-electron chi connectivity index (χ4n) is 6.75. The second kappa shape index (κ2) is 10.4. The number of rotatable bonds is 4. The molecule has 46 heavy (non-hydrogen) atoms. The minimum absolute atomic E-state index is 0.107. The zero-order chi connectivity index (χ0) is 30.8. The maximum absolute atomic E-state index is 5.11. The number of nitrogens with zero attached hydrogens (tertiary/aromatic N) is 4. The Labute approximate surface area is 273 Å². The summed E-state index contributed by atoms with van der Waals surface area (Å²) in [6.45, 7) is 4.60. The van der Waals surface area contributed by atoms with Gasteiger partial charge in [-0.25, -0.2) is 0 Å². The van der Waals surface area contributed by atoms with E-state index in [2.05, 4.69) is 129 Å². The molecule has 0 radical (unpaired) electrons.